The number of ether oxygens (including phenoxy) is 1. The summed E-state index contributed by atoms with van der Waals surface area (Å²) in [6, 6.07) is 6.07. The van der Waals surface area contributed by atoms with Crippen LogP contribution in [0.3, 0.4) is 0 Å². The van der Waals surface area contributed by atoms with Gasteiger partial charge in [-0.2, -0.15) is 5.26 Å². The van der Waals surface area contributed by atoms with Crippen molar-refractivity contribution in [2.75, 3.05) is 11.9 Å². The predicted octanol–water partition coefficient (Wildman–Crippen LogP) is 2.04. The van der Waals surface area contributed by atoms with Gasteiger partial charge in [0.05, 0.1) is 12.2 Å². The molecule has 3 rings (SSSR count). The Hall–Kier alpha value is -3.38. The summed E-state index contributed by atoms with van der Waals surface area (Å²) in [6.07, 6.45) is 0.953. The van der Waals surface area contributed by atoms with Gasteiger partial charge in [-0.15, -0.1) is 0 Å². The van der Waals surface area contributed by atoms with E-state index in [1.807, 2.05) is 6.07 Å². The number of hydrogen-bond acceptors (Lipinski definition) is 7. The normalized spacial score (nSPS) is 21.5. The largest absolute Gasteiger partial charge is 0.385 e. The molecule has 0 unspecified atom stereocenters. The minimum Gasteiger partial charge on any atom is -0.385 e. The maximum Gasteiger partial charge on any atom is 0.275 e. The maximum absolute atomic E-state index is 14.4. The second-order valence-electron chi connectivity index (χ2n) is 6.75. The first-order valence-electron chi connectivity index (χ1n) is 8.55. The van der Waals surface area contributed by atoms with E-state index in [-0.39, 0.29) is 35.8 Å². The first-order valence-corrected chi connectivity index (χ1v) is 8.55. The third-order valence-corrected chi connectivity index (χ3v) is 4.43. The highest BCUT2D eigenvalue weighted by Gasteiger charge is 2.36. The second-order valence-corrected chi connectivity index (χ2v) is 6.75. The van der Waals surface area contributed by atoms with E-state index in [4.69, 9.17) is 15.7 Å². The Morgan fingerprint density at radius 1 is 1.50 bits per heavy atom. The lowest BCUT2D eigenvalue weighted by Crippen LogP contribution is -2.43. The van der Waals surface area contributed by atoms with Gasteiger partial charge in [-0.25, -0.2) is 14.4 Å². The molecule has 3 N–H and O–H groups in total. The van der Waals surface area contributed by atoms with Gasteiger partial charge in [0.2, 0.25) is 0 Å². The molecule has 28 heavy (non-hydrogen) atoms. The van der Waals surface area contributed by atoms with Gasteiger partial charge in [0.25, 0.3) is 5.91 Å². The summed E-state index contributed by atoms with van der Waals surface area (Å²) in [5, 5.41) is 11.5. The molecular weight excluding hydrogens is 363 g/mol. The number of carbonyl (C=O) groups is 1. The Balaban J connectivity index is 1.90. The van der Waals surface area contributed by atoms with Crippen LogP contribution < -0.4 is 11.1 Å². The number of nitrogens with zero attached hydrogens (tertiary/aromatic N) is 4. The van der Waals surface area contributed by atoms with Gasteiger partial charge in [-0.3, -0.25) is 9.79 Å². The third-order valence-electron chi connectivity index (χ3n) is 4.43. The summed E-state index contributed by atoms with van der Waals surface area (Å²) < 4.78 is 20.0. The van der Waals surface area contributed by atoms with Crippen LogP contribution in [0.25, 0.3) is 0 Å². The Bertz CT molecular complexity index is 1020. The molecule has 0 aliphatic carbocycles. The molecule has 0 saturated heterocycles. The summed E-state index contributed by atoms with van der Waals surface area (Å²) in [4.78, 5) is 25.1. The highest BCUT2D eigenvalue weighted by Crippen LogP contribution is 2.31. The molecule has 1 aliphatic heterocycles. The summed E-state index contributed by atoms with van der Waals surface area (Å²) in [5.41, 5.74) is 5.80. The number of aryl methyl sites for hydroxylation is 1. The molecule has 0 aromatic carbocycles. The van der Waals surface area contributed by atoms with Crippen LogP contribution in [0.15, 0.2) is 29.4 Å². The van der Waals surface area contributed by atoms with Crippen LogP contribution in [0.2, 0.25) is 0 Å². The fourth-order valence-electron chi connectivity index (χ4n) is 2.84. The van der Waals surface area contributed by atoms with Crippen molar-refractivity contribution in [1.29, 1.82) is 5.26 Å². The molecule has 3 heterocycles. The SMILES string of the molecule is Cc1cc(C#N)cnc1C(=O)Nc1ccc(F)c([C@]2(C)CO[C@H](C)C(N)=N2)n1. The predicted molar refractivity (Wildman–Crippen MR) is 100 cm³/mol. The number of pyridine rings is 2. The molecule has 2 aromatic rings. The Morgan fingerprint density at radius 3 is 2.89 bits per heavy atom. The molecule has 0 radical (unpaired) electrons. The Morgan fingerprint density at radius 2 is 2.25 bits per heavy atom. The monoisotopic (exact) mass is 382 g/mol. The van der Waals surface area contributed by atoms with E-state index in [0.29, 0.717) is 11.1 Å². The smallest absolute Gasteiger partial charge is 0.275 e. The van der Waals surface area contributed by atoms with Crippen molar-refractivity contribution < 1.29 is 13.9 Å². The number of nitrogens with one attached hydrogen (secondary N) is 1. The molecule has 0 bridgehead atoms. The van der Waals surface area contributed by atoms with Crippen molar-refractivity contribution in [3.8, 4) is 6.07 Å². The highest BCUT2D eigenvalue weighted by atomic mass is 19.1. The molecule has 9 heteroatoms. The molecule has 1 aliphatic rings. The van der Waals surface area contributed by atoms with Crippen LogP contribution in [-0.2, 0) is 10.3 Å². The van der Waals surface area contributed by atoms with Crippen LogP contribution in [0.1, 0.15) is 41.2 Å². The Labute approximate surface area is 161 Å². The number of anilines is 1. The number of aromatic nitrogens is 2. The number of nitriles is 1. The van der Waals surface area contributed by atoms with E-state index in [2.05, 4.69) is 20.3 Å². The van der Waals surface area contributed by atoms with Crippen LogP contribution >= 0.6 is 0 Å². The van der Waals surface area contributed by atoms with Gasteiger partial charge in [-0.1, -0.05) is 0 Å². The molecule has 0 spiro atoms. The molecule has 144 valence electrons. The van der Waals surface area contributed by atoms with Crippen LogP contribution in [0.4, 0.5) is 10.2 Å². The average molecular weight is 382 g/mol. The minimum atomic E-state index is -1.11. The lowest BCUT2D eigenvalue weighted by atomic mass is 9.97. The first-order chi connectivity index (χ1) is 13.2. The number of hydrogen-bond donors (Lipinski definition) is 2. The van der Waals surface area contributed by atoms with E-state index < -0.39 is 17.3 Å². The molecule has 2 aromatic heterocycles. The van der Waals surface area contributed by atoms with Gasteiger partial charge < -0.3 is 15.8 Å². The van der Waals surface area contributed by atoms with E-state index in [1.165, 1.54) is 18.3 Å². The van der Waals surface area contributed by atoms with E-state index in [1.54, 1.807) is 26.8 Å². The molecular formula is C19H19FN6O2. The number of amides is 1. The van der Waals surface area contributed by atoms with Crippen molar-refractivity contribution in [3.05, 3.63) is 52.7 Å². The van der Waals surface area contributed by atoms with Crippen LogP contribution in [-0.4, -0.2) is 34.4 Å². The van der Waals surface area contributed by atoms with E-state index in [9.17, 15) is 9.18 Å². The third kappa shape index (κ3) is 3.68. The summed E-state index contributed by atoms with van der Waals surface area (Å²) in [7, 11) is 0. The van der Waals surface area contributed by atoms with E-state index in [0.717, 1.165) is 0 Å². The maximum atomic E-state index is 14.4. The number of carbonyl (C=O) groups excluding carboxylic acids is 1. The standard InChI is InChI=1S/C19H19FN6O2/c1-10-6-12(7-21)8-23-15(10)18(27)25-14-5-4-13(20)16(24-14)19(3)9-28-11(2)17(22)26-19/h4-6,8,11H,9H2,1-3H3,(H2,22,26)(H,24,25,27)/t11-,19+/m1/s1. The van der Waals surface area contributed by atoms with Gasteiger partial charge in [0.15, 0.2) is 0 Å². The molecule has 2 atom stereocenters. The van der Waals surface area contributed by atoms with Gasteiger partial charge in [0.1, 0.15) is 46.6 Å². The van der Waals surface area contributed by atoms with Crippen molar-refractivity contribution in [2.24, 2.45) is 10.7 Å². The summed E-state index contributed by atoms with van der Waals surface area (Å²) in [6.45, 7) is 5.19. The average Bonchev–Trinajstić information content (AvgIpc) is 2.66. The fraction of sp³-hybridized carbons (Fsp3) is 0.316. The molecule has 0 fully saturated rings. The first kappa shape index (κ1) is 19.4. The zero-order chi connectivity index (χ0) is 20.5. The Kier molecular flexibility index (Phi) is 5.07. The van der Waals surface area contributed by atoms with E-state index >= 15 is 0 Å². The molecule has 0 saturated carbocycles. The number of halogens is 1. The lowest BCUT2D eigenvalue weighted by molar-refractivity contribution is 0.0522. The van der Waals surface area contributed by atoms with Crippen molar-refractivity contribution >= 4 is 17.6 Å². The van der Waals surface area contributed by atoms with Crippen LogP contribution in [0, 0.1) is 24.1 Å². The number of aliphatic imine (C=N–C) groups is 1. The second kappa shape index (κ2) is 7.32. The minimum absolute atomic E-state index is 0.0182. The number of nitrogens with two attached hydrogens (primary N) is 1. The highest BCUT2D eigenvalue weighted by molar-refractivity contribution is 6.03. The van der Waals surface area contributed by atoms with Gasteiger partial charge in [-0.05, 0) is 44.5 Å². The van der Waals surface area contributed by atoms with Crippen LogP contribution in [0.5, 0.6) is 0 Å². The quantitative estimate of drug-likeness (QED) is 0.836. The van der Waals surface area contributed by atoms with Crippen molar-refractivity contribution in [1.82, 2.24) is 9.97 Å². The topological polar surface area (TPSA) is 126 Å². The van der Waals surface area contributed by atoms with Gasteiger partial charge >= 0.3 is 0 Å². The summed E-state index contributed by atoms with van der Waals surface area (Å²) in [5.74, 6) is -0.709. The number of rotatable bonds is 3. The zero-order valence-electron chi connectivity index (χ0n) is 15.7. The molecule has 8 nitrogen and oxygen atoms in total. The number of amidine groups is 1. The zero-order valence-corrected chi connectivity index (χ0v) is 15.7. The fourth-order valence-corrected chi connectivity index (χ4v) is 2.84. The van der Waals surface area contributed by atoms with Crippen molar-refractivity contribution in [2.45, 2.75) is 32.4 Å². The summed E-state index contributed by atoms with van der Waals surface area (Å²) >= 11 is 0. The van der Waals surface area contributed by atoms with Crippen molar-refractivity contribution in [3.63, 3.8) is 0 Å². The lowest BCUT2D eigenvalue weighted by Gasteiger charge is -2.32. The molecule has 1 amide bonds. The van der Waals surface area contributed by atoms with Gasteiger partial charge in [0, 0.05) is 6.20 Å².